The fourth-order valence-electron chi connectivity index (χ4n) is 2.97. The van der Waals surface area contributed by atoms with E-state index in [1.807, 2.05) is 11.3 Å². The van der Waals surface area contributed by atoms with Crippen molar-refractivity contribution in [2.45, 2.75) is 45.1 Å². The fraction of sp³-hybridized carbons (Fsp3) is 0.786. The summed E-state index contributed by atoms with van der Waals surface area (Å²) < 4.78 is 0. The van der Waals surface area contributed by atoms with Crippen LogP contribution in [-0.2, 0) is 18.4 Å². The maximum absolute atomic E-state index is 4.95. The third kappa shape index (κ3) is 2.22. The van der Waals surface area contributed by atoms with Gasteiger partial charge in [-0.15, -0.1) is 11.3 Å². The number of hydrogen-bond donors (Lipinski definition) is 1. The number of hydrogen-bond acceptors (Lipinski definition) is 4. The molecule has 0 radical (unpaired) electrons. The maximum atomic E-state index is 4.95. The summed E-state index contributed by atoms with van der Waals surface area (Å²) in [6.07, 6.45) is 5.13. The smallest absolute Gasteiger partial charge is 0.113 e. The van der Waals surface area contributed by atoms with Gasteiger partial charge in [0.2, 0.25) is 0 Å². The molecule has 0 amide bonds. The van der Waals surface area contributed by atoms with Crippen molar-refractivity contribution in [1.29, 1.82) is 0 Å². The zero-order valence-corrected chi connectivity index (χ0v) is 12.3. The topological polar surface area (TPSA) is 28.2 Å². The molecule has 1 N–H and O–H groups in total. The lowest BCUT2D eigenvalue weighted by atomic mass is 10.0. The largest absolute Gasteiger partial charge is 0.314 e. The first-order chi connectivity index (χ1) is 8.68. The van der Waals surface area contributed by atoms with Gasteiger partial charge in [0.25, 0.3) is 0 Å². The molecule has 1 aromatic heterocycles. The van der Waals surface area contributed by atoms with E-state index in [0.29, 0.717) is 0 Å². The summed E-state index contributed by atoms with van der Waals surface area (Å²) in [5, 5.41) is 4.76. The number of nitrogens with one attached hydrogen (secondary N) is 1. The van der Waals surface area contributed by atoms with Crippen LogP contribution in [0.25, 0.3) is 0 Å². The monoisotopic (exact) mass is 265 g/mol. The van der Waals surface area contributed by atoms with Gasteiger partial charge in [0.15, 0.2) is 0 Å². The molecule has 4 heteroatoms. The van der Waals surface area contributed by atoms with Gasteiger partial charge >= 0.3 is 0 Å². The third-order valence-corrected chi connectivity index (χ3v) is 5.75. The van der Waals surface area contributed by atoms with Gasteiger partial charge in [-0.25, -0.2) is 4.98 Å². The summed E-state index contributed by atoms with van der Waals surface area (Å²) in [5.74, 6) is 0. The number of fused-ring (bicyclic) bond motifs is 1. The number of aromatic nitrogens is 1. The molecule has 1 aromatic rings. The molecule has 18 heavy (non-hydrogen) atoms. The summed E-state index contributed by atoms with van der Waals surface area (Å²) in [6, 6.07) is 0. The van der Waals surface area contributed by atoms with E-state index in [9.17, 15) is 0 Å². The standard InChI is InChI=1S/C14H23N3S/c1-14(2,17-9-7-15-8-10-17)13-16-11-5-3-4-6-12(11)18-13/h15H,3-10H2,1-2H3. The Morgan fingerprint density at radius 3 is 2.61 bits per heavy atom. The second kappa shape index (κ2) is 4.91. The first-order valence-corrected chi connectivity index (χ1v) is 7.94. The molecular weight excluding hydrogens is 242 g/mol. The number of thiazole rings is 1. The minimum atomic E-state index is 0.101. The summed E-state index contributed by atoms with van der Waals surface area (Å²) in [5.41, 5.74) is 1.49. The maximum Gasteiger partial charge on any atom is 0.113 e. The van der Waals surface area contributed by atoms with Crippen LogP contribution in [0.4, 0.5) is 0 Å². The molecule has 1 aliphatic carbocycles. The van der Waals surface area contributed by atoms with E-state index in [1.54, 1.807) is 4.88 Å². The fourth-order valence-corrected chi connectivity index (χ4v) is 4.25. The number of piperazine rings is 1. The van der Waals surface area contributed by atoms with Gasteiger partial charge in [0.05, 0.1) is 11.2 Å². The van der Waals surface area contributed by atoms with Gasteiger partial charge in [-0.3, -0.25) is 4.90 Å². The predicted molar refractivity (Wildman–Crippen MR) is 76.2 cm³/mol. The first kappa shape index (κ1) is 12.6. The van der Waals surface area contributed by atoms with Crippen molar-refractivity contribution < 1.29 is 0 Å². The van der Waals surface area contributed by atoms with Crippen LogP contribution in [0.2, 0.25) is 0 Å². The van der Waals surface area contributed by atoms with Gasteiger partial charge in [0.1, 0.15) is 5.01 Å². The van der Waals surface area contributed by atoms with Gasteiger partial charge < -0.3 is 5.32 Å². The van der Waals surface area contributed by atoms with E-state index >= 15 is 0 Å². The van der Waals surface area contributed by atoms with Crippen molar-refractivity contribution in [3.8, 4) is 0 Å². The van der Waals surface area contributed by atoms with Crippen LogP contribution < -0.4 is 5.32 Å². The van der Waals surface area contributed by atoms with Gasteiger partial charge in [-0.1, -0.05) is 0 Å². The first-order valence-electron chi connectivity index (χ1n) is 7.13. The average Bonchev–Trinajstić information content (AvgIpc) is 2.84. The lowest BCUT2D eigenvalue weighted by Gasteiger charge is -2.39. The number of aryl methyl sites for hydroxylation is 2. The molecule has 0 unspecified atom stereocenters. The molecule has 3 rings (SSSR count). The highest BCUT2D eigenvalue weighted by Crippen LogP contribution is 2.35. The Balaban J connectivity index is 1.85. The summed E-state index contributed by atoms with van der Waals surface area (Å²) in [4.78, 5) is 9.09. The quantitative estimate of drug-likeness (QED) is 0.888. The van der Waals surface area contributed by atoms with E-state index in [-0.39, 0.29) is 5.54 Å². The van der Waals surface area contributed by atoms with Crippen molar-refractivity contribution >= 4 is 11.3 Å². The molecule has 0 aromatic carbocycles. The van der Waals surface area contributed by atoms with Crippen molar-refractivity contribution in [1.82, 2.24) is 15.2 Å². The van der Waals surface area contributed by atoms with Crippen molar-refractivity contribution in [2.24, 2.45) is 0 Å². The second-order valence-electron chi connectivity index (χ2n) is 5.89. The molecular formula is C14H23N3S. The van der Waals surface area contributed by atoms with Crippen LogP contribution in [0, 0.1) is 0 Å². The van der Waals surface area contributed by atoms with E-state index in [0.717, 1.165) is 26.2 Å². The molecule has 100 valence electrons. The van der Waals surface area contributed by atoms with Gasteiger partial charge in [0, 0.05) is 31.1 Å². The van der Waals surface area contributed by atoms with Gasteiger partial charge in [-0.2, -0.15) is 0 Å². The van der Waals surface area contributed by atoms with Crippen molar-refractivity contribution in [3.63, 3.8) is 0 Å². The molecule has 1 aliphatic heterocycles. The minimum Gasteiger partial charge on any atom is -0.314 e. The normalized spacial score (nSPS) is 21.9. The van der Waals surface area contributed by atoms with E-state index in [1.165, 1.54) is 36.4 Å². The molecule has 2 aliphatic rings. The average molecular weight is 265 g/mol. The molecule has 0 atom stereocenters. The lowest BCUT2D eigenvalue weighted by molar-refractivity contribution is 0.102. The van der Waals surface area contributed by atoms with E-state index in [2.05, 4.69) is 24.1 Å². The molecule has 0 saturated carbocycles. The Kier molecular flexibility index (Phi) is 3.43. The Bertz CT molecular complexity index is 395. The van der Waals surface area contributed by atoms with Crippen LogP contribution >= 0.6 is 11.3 Å². The molecule has 2 heterocycles. The Morgan fingerprint density at radius 1 is 1.17 bits per heavy atom. The second-order valence-corrected chi connectivity index (χ2v) is 6.98. The summed E-state index contributed by atoms with van der Waals surface area (Å²) in [7, 11) is 0. The summed E-state index contributed by atoms with van der Waals surface area (Å²) >= 11 is 1.96. The van der Waals surface area contributed by atoms with Crippen molar-refractivity contribution in [2.75, 3.05) is 26.2 Å². The van der Waals surface area contributed by atoms with Crippen LogP contribution in [0.1, 0.15) is 42.3 Å². The number of nitrogens with zero attached hydrogens (tertiary/aromatic N) is 2. The van der Waals surface area contributed by atoms with Crippen LogP contribution in [0.3, 0.4) is 0 Å². The van der Waals surface area contributed by atoms with Crippen LogP contribution in [-0.4, -0.2) is 36.1 Å². The number of rotatable bonds is 2. The zero-order chi connectivity index (χ0) is 12.6. The highest BCUT2D eigenvalue weighted by Gasteiger charge is 2.33. The predicted octanol–water partition coefficient (Wildman–Crippen LogP) is 2.16. The van der Waals surface area contributed by atoms with Crippen molar-refractivity contribution in [3.05, 3.63) is 15.6 Å². The minimum absolute atomic E-state index is 0.101. The Labute approximate surface area is 114 Å². The molecule has 0 bridgehead atoms. The molecule has 0 spiro atoms. The molecule has 3 nitrogen and oxygen atoms in total. The van der Waals surface area contributed by atoms with Crippen LogP contribution in [0.15, 0.2) is 0 Å². The van der Waals surface area contributed by atoms with Crippen LogP contribution in [0.5, 0.6) is 0 Å². The van der Waals surface area contributed by atoms with E-state index < -0.39 is 0 Å². The van der Waals surface area contributed by atoms with Gasteiger partial charge in [-0.05, 0) is 39.5 Å². The molecule has 1 saturated heterocycles. The Morgan fingerprint density at radius 2 is 1.89 bits per heavy atom. The van der Waals surface area contributed by atoms with E-state index in [4.69, 9.17) is 4.98 Å². The summed E-state index contributed by atoms with van der Waals surface area (Å²) in [6.45, 7) is 9.16. The third-order valence-electron chi connectivity index (χ3n) is 4.28. The SMILES string of the molecule is CC(C)(c1nc2c(s1)CCCC2)N1CCNCC1. The highest BCUT2D eigenvalue weighted by molar-refractivity contribution is 7.11. The molecule has 1 fully saturated rings. The Hall–Kier alpha value is -0.450. The zero-order valence-electron chi connectivity index (χ0n) is 11.5. The highest BCUT2D eigenvalue weighted by atomic mass is 32.1. The lowest BCUT2D eigenvalue weighted by Crippen LogP contribution is -2.51.